The smallest absolute Gasteiger partial charge is 0.307 e. The maximum absolute atomic E-state index is 11.6. The second-order valence-corrected chi connectivity index (χ2v) is 6.05. The standard InChI is InChI=1S/C17H32N2O5/c1-3-5-16(20)23-14-15-24-17(21)6-9-18(2)7-4-8-19-10-12-22-13-11-19/h3-15H2,1-2H3. The van der Waals surface area contributed by atoms with E-state index in [1.165, 1.54) is 0 Å². The first kappa shape index (κ1) is 20.9. The van der Waals surface area contributed by atoms with E-state index in [-0.39, 0.29) is 25.2 Å². The molecule has 0 bridgehead atoms. The van der Waals surface area contributed by atoms with Gasteiger partial charge in [0.15, 0.2) is 0 Å². The molecule has 1 fully saturated rings. The number of ether oxygens (including phenoxy) is 3. The third-order valence-electron chi connectivity index (χ3n) is 3.88. The first-order chi connectivity index (χ1) is 11.6. The summed E-state index contributed by atoms with van der Waals surface area (Å²) in [6.45, 7) is 8.58. The van der Waals surface area contributed by atoms with Crippen molar-refractivity contribution in [3.05, 3.63) is 0 Å². The minimum absolute atomic E-state index is 0.134. The summed E-state index contributed by atoms with van der Waals surface area (Å²) >= 11 is 0. The number of hydrogen-bond donors (Lipinski definition) is 0. The van der Waals surface area contributed by atoms with Crippen LogP contribution in [0.2, 0.25) is 0 Å². The van der Waals surface area contributed by atoms with Gasteiger partial charge in [-0.1, -0.05) is 6.92 Å². The van der Waals surface area contributed by atoms with Crippen molar-refractivity contribution in [2.45, 2.75) is 32.6 Å². The van der Waals surface area contributed by atoms with E-state index in [9.17, 15) is 9.59 Å². The molecule has 0 aromatic rings. The predicted molar refractivity (Wildman–Crippen MR) is 90.8 cm³/mol. The number of nitrogens with zero attached hydrogens (tertiary/aromatic N) is 2. The Balaban J connectivity index is 1.95. The largest absolute Gasteiger partial charge is 0.462 e. The van der Waals surface area contributed by atoms with Crippen LogP contribution in [-0.4, -0.2) is 87.9 Å². The Labute approximate surface area is 145 Å². The highest BCUT2D eigenvalue weighted by molar-refractivity contribution is 5.70. The lowest BCUT2D eigenvalue weighted by Gasteiger charge is -2.27. The Morgan fingerprint density at radius 1 is 1.04 bits per heavy atom. The van der Waals surface area contributed by atoms with Gasteiger partial charge in [0.1, 0.15) is 13.2 Å². The Hall–Kier alpha value is -1.18. The second kappa shape index (κ2) is 13.1. The molecule has 24 heavy (non-hydrogen) atoms. The lowest BCUT2D eigenvalue weighted by molar-refractivity contribution is -0.152. The molecule has 0 amide bonds. The minimum atomic E-state index is -0.249. The molecule has 7 nitrogen and oxygen atoms in total. The molecular formula is C17H32N2O5. The van der Waals surface area contributed by atoms with Crippen molar-refractivity contribution in [1.29, 1.82) is 0 Å². The molecule has 0 atom stereocenters. The summed E-state index contributed by atoms with van der Waals surface area (Å²) in [5.41, 5.74) is 0. The molecular weight excluding hydrogens is 312 g/mol. The molecule has 7 heteroatoms. The Morgan fingerprint density at radius 2 is 1.67 bits per heavy atom. The molecule has 0 aromatic carbocycles. The van der Waals surface area contributed by atoms with Gasteiger partial charge in [-0.05, 0) is 33.0 Å². The van der Waals surface area contributed by atoms with Crippen LogP contribution in [0.3, 0.4) is 0 Å². The molecule has 0 aromatic heterocycles. The first-order valence-corrected chi connectivity index (χ1v) is 8.91. The normalized spacial score (nSPS) is 15.5. The van der Waals surface area contributed by atoms with Gasteiger partial charge in [0.2, 0.25) is 0 Å². The fraction of sp³-hybridized carbons (Fsp3) is 0.882. The van der Waals surface area contributed by atoms with E-state index in [0.29, 0.717) is 19.4 Å². The SMILES string of the molecule is CCCC(=O)OCCOC(=O)CCN(C)CCCN1CCOCC1. The molecule has 140 valence electrons. The van der Waals surface area contributed by atoms with E-state index in [1.807, 2.05) is 14.0 Å². The van der Waals surface area contributed by atoms with Crippen molar-refractivity contribution in [2.75, 3.05) is 66.2 Å². The van der Waals surface area contributed by atoms with Gasteiger partial charge in [0, 0.05) is 26.1 Å². The maximum Gasteiger partial charge on any atom is 0.307 e. The molecule has 0 aliphatic carbocycles. The third-order valence-corrected chi connectivity index (χ3v) is 3.88. The zero-order valence-electron chi connectivity index (χ0n) is 15.1. The van der Waals surface area contributed by atoms with Crippen molar-refractivity contribution in [3.63, 3.8) is 0 Å². The van der Waals surface area contributed by atoms with Crippen molar-refractivity contribution in [2.24, 2.45) is 0 Å². The molecule has 1 rings (SSSR count). The average molecular weight is 344 g/mol. The van der Waals surface area contributed by atoms with Gasteiger partial charge >= 0.3 is 11.9 Å². The van der Waals surface area contributed by atoms with Crippen LogP contribution in [0.5, 0.6) is 0 Å². The molecule has 0 unspecified atom stereocenters. The van der Waals surface area contributed by atoms with Gasteiger partial charge in [-0.15, -0.1) is 0 Å². The van der Waals surface area contributed by atoms with Crippen LogP contribution in [-0.2, 0) is 23.8 Å². The van der Waals surface area contributed by atoms with Crippen LogP contribution in [0, 0.1) is 0 Å². The maximum atomic E-state index is 11.6. The third kappa shape index (κ3) is 10.6. The van der Waals surface area contributed by atoms with Gasteiger partial charge in [-0.3, -0.25) is 14.5 Å². The molecule has 0 spiro atoms. The van der Waals surface area contributed by atoms with Crippen molar-refractivity contribution in [1.82, 2.24) is 9.80 Å². The van der Waals surface area contributed by atoms with E-state index < -0.39 is 0 Å². The minimum Gasteiger partial charge on any atom is -0.462 e. The number of carbonyl (C=O) groups excluding carboxylic acids is 2. The number of carbonyl (C=O) groups is 2. The first-order valence-electron chi connectivity index (χ1n) is 8.91. The predicted octanol–water partition coefficient (Wildman–Crippen LogP) is 0.917. The van der Waals surface area contributed by atoms with E-state index >= 15 is 0 Å². The molecule has 1 heterocycles. The fourth-order valence-electron chi connectivity index (χ4n) is 2.44. The molecule has 0 radical (unpaired) electrons. The van der Waals surface area contributed by atoms with Gasteiger partial charge in [-0.2, -0.15) is 0 Å². The van der Waals surface area contributed by atoms with Crippen LogP contribution in [0.25, 0.3) is 0 Å². The monoisotopic (exact) mass is 344 g/mol. The van der Waals surface area contributed by atoms with Gasteiger partial charge in [0.05, 0.1) is 19.6 Å². The highest BCUT2D eigenvalue weighted by Crippen LogP contribution is 2.00. The van der Waals surface area contributed by atoms with Crippen molar-refractivity contribution >= 4 is 11.9 Å². The Bertz CT molecular complexity index is 359. The summed E-state index contributed by atoms with van der Waals surface area (Å²) in [6, 6.07) is 0. The lowest BCUT2D eigenvalue weighted by Crippen LogP contribution is -2.38. The van der Waals surface area contributed by atoms with Crippen LogP contribution in [0.4, 0.5) is 0 Å². The summed E-state index contributed by atoms with van der Waals surface area (Å²) in [6.07, 6.45) is 2.61. The summed E-state index contributed by atoms with van der Waals surface area (Å²) in [7, 11) is 2.01. The fourth-order valence-corrected chi connectivity index (χ4v) is 2.44. The summed E-state index contributed by atoms with van der Waals surface area (Å²) < 4.78 is 15.3. The van der Waals surface area contributed by atoms with Crippen LogP contribution in [0.15, 0.2) is 0 Å². The zero-order valence-corrected chi connectivity index (χ0v) is 15.1. The zero-order chi connectivity index (χ0) is 17.6. The van der Waals surface area contributed by atoms with E-state index in [0.717, 1.165) is 52.2 Å². The highest BCUT2D eigenvalue weighted by atomic mass is 16.6. The topological polar surface area (TPSA) is 68.3 Å². The van der Waals surface area contributed by atoms with E-state index in [1.54, 1.807) is 0 Å². The molecule has 0 N–H and O–H groups in total. The van der Waals surface area contributed by atoms with Crippen LogP contribution >= 0.6 is 0 Å². The van der Waals surface area contributed by atoms with Crippen molar-refractivity contribution in [3.8, 4) is 0 Å². The highest BCUT2D eigenvalue weighted by Gasteiger charge is 2.11. The Kier molecular flexibility index (Phi) is 11.4. The summed E-state index contributed by atoms with van der Waals surface area (Å²) in [5, 5.41) is 0. The Morgan fingerprint density at radius 3 is 2.29 bits per heavy atom. The van der Waals surface area contributed by atoms with Gasteiger partial charge in [-0.25, -0.2) is 0 Å². The summed E-state index contributed by atoms with van der Waals surface area (Å²) in [5.74, 6) is -0.491. The van der Waals surface area contributed by atoms with Gasteiger partial charge < -0.3 is 19.1 Å². The van der Waals surface area contributed by atoms with E-state index in [4.69, 9.17) is 14.2 Å². The van der Waals surface area contributed by atoms with Crippen molar-refractivity contribution < 1.29 is 23.8 Å². The number of rotatable bonds is 12. The number of hydrogen-bond acceptors (Lipinski definition) is 7. The molecule has 1 saturated heterocycles. The quantitative estimate of drug-likeness (QED) is 0.385. The number of morpholine rings is 1. The summed E-state index contributed by atoms with van der Waals surface area (Å²) in [4.78, 5) is 27.3. The number of esters is 2. The average Bonchev–Trinajstić information content (AvgIpc) is 2.58. The second-order valence-electron chi connectivity index (χ2n) is 6.05. The van der Waals surface area contributed by atoms with Gasteiger partial charge in [0.25, 0.3) is 0 Å². The molecule has 0 saturated carbocycles. The molecule has 1 aliphatic heterocycles. The lowest BCUT2D eigenvalue weighted by atomic mass is 10.3. The molecule has 1 aliphatic rings. The van der Waals surface area contributed by atoms with E-state index in [2.05, 4.69) is 9.80 Å². The van der Waals surface area contributed by atoms with Crippen LogP contribution < -0.4 is 0 Å². The van der Waals surface area contributed by atoms with Crippen LogP contribution in [0.1, 0.15) is 32.6 Å².